The van der Waals surface area contributed by atoms with E-state index in [-0.39, 0.29) is 13.0 Å². The van der Waals surface area contributed by atoms with Crippen molar-refractivity contribution in [3.05, 3.63) is 78.1 Å². The van der Waals surface area contributed by atoms with Gasteiger partial charge in [-0.25, -0.2) is 18.9 Å². The Morgan fingerprint density at radius 2 is 1.90 bits per heavy atom. The summed E-state index contributed by atoms with van der Waals surface area (Å²) in [5.41, 5.74) is 2.04. The number of urea groups is 1. The van der Waals surface area contributed by atoms with Gasteiger partial charge in [0.1, 0.15) is 24.5 Å². The SMILES string of the molecule is O=C(CC1NC(=O)N(Cc2cccc(F)c2)C1=O)Nc1ccc(Cn2cncn2)cc1. The number of carbonyl (C=O) groups is 3. The number of hydrogen-bond acceptors (Lipinski definition) is 5. The van der Waals surface area contributed by atoms with E-state index >= 15 is 0 Å². The number of carbonyl (C=O) groups excluding carboxylic acids is 3. The van der Waals surface area contributed by atoms with Crippen molar-refractivity contribution in [1.82, 2.24) is 25.0 Å². The third-order valence-corrected chi connectivity index (χ3v) is 4.78. The minimum Gasteiger partial charge on any atom is -0.326 e. The topological polar surface area (TPSA) is 109 Å². The summed E-state index contributed by atoms with van der Waals surface area (Å²) in [4.78, 5) is 41.9. The van der Waals surface area contributed by atoms with Crippen LogP contribution in [-0.2, 0) is 22.7 Å². The van der Waals surface area contributed by atoms with Gasteiger partial charge in [0.05, 0.1) is 19.5 Å². The minimum absolute atomic E-state index is 0.0617. The van der Waals surface area contributed by atoms with Crippen LogP contribution in [0.25, 0.3) is 0 Å². The van der Waals surface area contributed by atoms with Crippen molar-refractivity contribution in [2.45, 2.75) is 25.6 Å². The summed E-state index contributed by atoms with van der Waals surface area (Å²) in [5.74, 6) is -1.38. The van der Waals surface area contributed by atoms with Gasteiger partial charge >= 0.3 is 6.03 Å². The third-order valence-electron chi connectivity index (χ3n) is 4.78. The van der Waals surface area contributed by atoms with E-state index in [1.165, 1.54) is 24.5 Å². The van der Waals surface area contributed by atoms with Crippen LogP contribution < -0.4 is 10.6 Å². The second-order valence-electron chi connectivity index (χ2n) is 7.10. The number of anilines is 1. The van der Waals surface area contributed by atoms with Crippen molar-refractivity contribution < 1.29 is 18.8 Å². The highest BCUT2D eigenvalue weighted by atomic mass is 19.1. The van der Waals surface area contributed by atoms with Crippen LogP contribution in [0.2, 0.25) is 0 Å². The maximum absolute atomic E-state index is 13.3. The monoisotopic (exact) mass is 422 g/mol. The molecule has 10 heteroatoms. The summed E-state index contributed by atoms with van der Waals surface area (Å²) in [7, 11) is 0. The van der Waals surface area contributed by atoms with Gasteiger partial charge < -0.3 is 10.6 Å². The highest BCUT2D eigenvalue weighted by molar-refractivity contribution is 6.06. The van der Waals surface area contributed by atoms with Crippen molar-refractivity contribution in [3.8, 4) is 0 Å². The molecule has 4 amide bonds. The smallest absolute Gasteiger partial charge is 0.325 e. The largest absolute Gasteiger partial charge is 0.326 e. The average Bonchev–Trinajstić information content (AvgIpc) is 3.33. The summed E-state index contributed by atoms with van der Waals surface area (Å²) < 4.78 is 15.0. The van der Waals surface area contributed by atoms with E-state index in [0.29, 0.717) is 17.8 Å². The van der Waals surface area contributed by atoms with Gasteiger partial charge in [-0.2, -0.15) is 5.10 Å². The summed E-state index contributed by atoms with van der Waals surface area (Å²) in [6, 6.07) is 11.3. The quantitative estimate of drug-likeness (QED) is 0.566. The summed E-state index contributed by atoms with van der Waals surface area (Å²) in [6.45, 7) is 0.492. The van der Waals surface area contributed by atoms with E-state index < -0.39 is 29.7 Å². The molecular weight excluding hydrogens is 403 g/mol. The van der Waals surface area contributed by atoms with Gasteiger partial charge in [-0.15, -0.1) is 0 Å². The Labute approximate surface area is 176 Å². The molecule has 158 valence electrons. The van der Waals surface area contributed by atoms with Gasteiger partial charge in [-0.3, -0.25) is 14.5 Å². The number of imide groups is 1. The Morgan fingerprint density at radius 1 is 1.10 bits per heavy atom. The van der Waals surface area contributed by atoms with Crippen molar-refractivity contribution in [2.75, 3.05) is 5.32 Å². The fourth-order valence-corrected chi connectivity index (χ4v) is 3.28. The van der Waals surface area contributed by atoms with Crippen molar-refractivity contribution in [2.24, 2.45) is 0 Å². The molecule has 1 aliphatic rings. The number of amides is 4. The first-order valence-corrected chi connectivity index (χ1v) is 9.55. The van der Waals surface area contributed by atoms with Crippen LogP contribution in [0.4, 0.5) is 14.9 Å². The van der Waals surface area contributed by atoms with Crippen LogP contribution in [0, 0.1) is 5.82 Å². The molecule has 1 fully saturated rings. The molecule has 4 rings (SSSR count). The van der Waals surface area contributed by atoms with Crippen LogP contribution in [0.5, 0.6) is 0 Å². The lowest BCUT2D eigenvalue weighted by atomic mass is 10.1. The lowest BCUT2D eigenvalue weighted by Crippen LogP contribution is -2.34. The number of hydrogen-bond donors (Lipinski definition) is 2. The van der Waals surface area contributed by atoms with Crippen LogP contribution >= 0.6 is 0 Å². The Morgan fingerprint density at radius 3 is 2.61 bits per heavy atom. The molecule has 1 aromatic heterocycles. The highest BCUT2D eigenvalue weighted by Gasteiger charge is 2.39. The molecule has 0 radical (unpaired) electrons. The normalized spacial score (nSPS) is 15.8. The van der Waals surface area contributed by atoms with E-state index in [9.17, 15) is 18.8 Å². The molecule has 0 saturated carbocycles. The maximum atomic E-state index is 13.3. The molecule has 0 aliphatic carbocycles. The van der Waals surface area contributed by atoms with Gasteiger partial charge in [-0.05, 0) is 35.4 Å². The summed E-state index contributed by atoms with van der Waals surface area (Å²) >= 11 is 0. The van der Waals surface area contributed by atoms with Crippen molar-refractivity contribution in [3.63, 3.8) is 0 Å². The maximum Gasteiger partial charge on any atom is 0.325 e. The van der Waals surface area contributed by atoms with Crippen LogP contribution in [0.1, 0.15) is 17.5 Å². The Kier molecular flexibility index (Phi) is 5.69. The first-order chi connectivity index (χ1) is 15.0. The third kappa shape index (κ3) is 4.92. The van der Waals surface area contributed by atoms with Crippen LogP contribution in [0.15, 0.2) is 61.2 Å². The van der Waals surface area contributed by atoms with Crippen molar-refractivity contribution >= 4 is 23.5 Å². The zero-order valence-corrected chi connectivity index (χ0v) is 16.4. The lowest BCUT2D eigenvalue weighted by Gasteiger charge is -2.13. The molecule has 31 heavy (non-hydrogen) atoms. The number of benzene rings is 2. The summed E-state index contributed by atoms with van der Waals surface area (Å²) in [5, 5.41) is 9.26. The van der Waals surface area contributed by atoms with E-state index in [0.717, 1.165) is 10.5 Å². The lowest BCUT2D eigenvalue weighted by molar-refractivity contribution is -0.130. The number of aromatic nitrogens is 3. The van der Waals surface area contributed by atoms with Gasteiger partial charge in [0.15, 0.2) is 0 Å². The minimum atomic E-state index is -0.965. The summed E-state index contributed by atoms with van der Waals surface area (Å²) in [6.07, 6.45) is 2.86. The molecule has 9 nitrogen and oxygen atoms in total. The molecule has 3 aromatic rings. The van der Waals surface area contributed by atoms with Gasteiger partial charge in [0, 0.05) is 5.69 Å². The van der Waals surface area contributed by atoms with Crippen LogP contribution in [-0.4, -0.2) is 43.6 Å². The molecule has 1 saturated heterocycles. The number of nitrogens with zero attached hydrogens (tertiary/aromatic N) is 4. The molecule has 1 aliphatic heterocycles. The fraction of sp³-hybridized carbons (Fsp3) is 0.190. The zero-order chi connectivity index (χ0) is 21.8. The van der Waals surface area contributed by atoms with E-state index in [1.807, 2.05) is 12.1 Å². The molecule has 2 heterocycles. The molecule has 0 spiro atoms. The number of nitrogens with one attached hydrogen (secondary N) is 2. The molecular formula is C21H19FN6O3. The average molecular weight is 422 g/mol. The second kappa shape index (κ2) is 8.74. The fourth-order valence-electron chi connectivity index (χ4n) is 3.28. The molecule has 1 atom stereocenters. The number of rotatable bonds is 7. The number of halogens is 1. The predicted octanol–water partition coefficient (Wildman–Crippen LogP) is 1.91. The molecule has 2 N–H and O–H groups in total. The highest BCUT2D eigenvalue weighted by Crippen LogP contribution is 2.16. The second-order valence-corrected chi connectivity index (χ2v) is 7.10. The first kappa shape index (κ1) is 20.2. The van der Waals surface area contributed by atoms with E-state index in [4.69, 9.17) is 0 Å². The van der Waals surface area contributed by atoms with Crippen molar-refractivity contribution in [1.29, 1.82) is 0 Å². The van der Waals surface area contributed by atoms with Crippen LogP contribution in [0.3, 0.4) is 0 Å². The standard InChI is InChI=1S/C21H19FN6O3/c22-16-3-1-2-15(8-16)11-28-20(30)18(26-21(28)31)9-19(29)25-17-6-4-14(5-7-17)10-27-13-23-12-24-27/h1-8,12-13,18H,9-11H2,(H,25,29)(H,26,31). The van der Waals surface area contributed by atoms with Gasteiger partial charge in [-0.1, -0.05) is 24.3 Å². The first-order valence-electron chi connectivity index (χ1n) is 9.55. The Balaban J connectivity index is 1.32. The Bertz CT molecular complexity index is 1100. The molecule has 0 bridgehead atoms. The van der Waals surface area contributed by atoms with Gasteiger partial charge in [0.25, 0.3) is 5.91 Å². The van der Waals surface area contributed by atoms with Gasteiger partial charge in [0.2, 0.25) is 5.91 Å². The molecule has 1 unspecified atom stereocenters. The Hall–Kier alpha value is -4.08. The van der Waals surface area contributed by atoms with E-state index in [1.54, 1.807) is 29.2 Å². The zero-order valence-electron chi connectivity index (χ0n) is 16.4. The predicted molar refractivity (Wildman–Crippen MR) is 108 cm³/mol. The van der Waals surface area contributed by atoms with E-state index in [2.05, 4.69) is 20.7 Å². The molecule has 2 aromatic carbocycles.